The molecule has 1 N–H and O–H groups in total. The largest absolute Gasteiger partial charge is 0.352 e. The minimum Gasteiger partial charge on any atom is -0.352 e. The summed E-state index contributed by atoms with van der Waals surface area (Å²) >= 11 is 3.35. The van der Waals surface area contributed by atoms with Crippen LogP contribution in [0, 0.1) is 0 Å². The van der Waals surface area contributed by atoms with Gasteiger partial charge in [-0.2, -0.15) is 0 Å². The van der Waals surface area contributed by atoms with Gasteiger partial charge in [0, 0.05) is 16.6 Å². The summed E-state index contributed by atoms with van der Waals surface area (Å²) in [5.74, 6) is 0.00190. The number of nitrogens with one attached hydrogen (secondary N) is 1. The fourth-order valence-electron chi connectivity index (χ4n) is 1.75. The third-order valence-electron chi connectivity index (χ3n) is 2.94. The van der Waals surface area contributed by atoms with Gasteiger partial charge in [-0.25, -0.2) is 0 Å². The van der Waals surface area contributed by atoms with E-state index in [1.807, 2.05) is 24.3 Å². The van der Waals surface area contributed by atoms with Crippen molar-refractivity contribution in [1.82, 2.24) is 10.2 Å². The molecule has 1 amide bonds. The number of rotatable bonds is 7. The third kappa shape index (κ3) is 5.19. The Kier molecular flexibility index (Phi) is 6.98. The summed E-state index contributed by atoms with van der Waals surface area (Å²) in [6.07, 6.45) is 0.990. The molecule has 0 aliphatic carbocycles. The van der Waals surface area contributed by atoms with Crippen LogP contribution in [0.15, 0.2) is 28.7 Å². The predicted octanol–water partition coefficient (Wildman–Crippen LogP) is 2.91. The third-order valence-corrected chi connectivity index (χ3v) is 3.47. The second-order valence-corrected chi connectivity index (χ2v) is 5.06. The van der Waals surface area contributed by atoms with Gasteiger partial charge in [0.15, 0.2) is 0 Å². The van der Waals surface area contributed by atoms with E-state index < -0.39 is 0 Å². The lowest BCUT2D eigenvalue weighted by molar-refractivity contribution is 0.0952. The van der Waals surface area contributed by atoms with Gasteiger partial charge >= 0.3 is 0 Å². The Bertz CT molecular complexity index is 361. The lowest BCUT2D eigenvalue weighted by atomic mass is 10.2. The van der Waals surface area contributed by atoms with E-state index in [0.29, 0.717) is 5.56 Å². The fraction of sp³-hybridized carbons (Fsp3) is 0.500. The average Bonchev–Trinajstić information content (AvgIpc) is 2.39. The van der Waals surface area contributed by atoms with Gasteiger partial charge in [-0.15, -0.1) is 0 Å². The highest BCUT2D eigenvalue weighted by molar-refractivity contribution is 9.10. The summed E-state index contributed by atoms with van der Waals surface area (Å²) in [6.45, 7) is 8.21. The first-order chi connectivity index (χ1) is 8.67. The number of carbonyl (C=O) groups is 1. The molecule has 0 bridgehead atoms. The van der Waals surface area contributed by atoms with Crippen LogP contribution < -0.4 is 5.32 Å². The van der Waals surface area contributed by atoms with Crippen LogP contribution in [0.2, 0.25) is 0 Å². The number of halogens is 1. The van der Waals surface area contributed by atoms with E-state index in [2.05, 4.69) is 40.0 Å². The van der Waals surface area contributed by atoms with E-state index in [1.165, 1.54) is 0 Å². The highest BCUT2D eigenvalue weighted by Crippen LogP contribution is 2.10. The van der Waals surface area contributed by atoms with Gasteiger partial charge < -0.3 is 10.2 Å². The maximum absolute atomic E-state index is 11.8. The molecule has 4 heteroatoms. The van der Waals surface area contributed by atoms with Gasteiger partial charge in [0.05, 0.1) is 0 Å². The van der Waals surface area contributed by atoms with Crippen molar-refractivity contribution in [1.29, 1.82) is 0 Å². The van der Waals surface area contributed by atoms with Crippen LogP contribution in [0.3, 0.4) is 0 Å². The second-order valence-electron chi connectivity index (χ2n) is 4.14. The Hall–Kier alpha value is -0.870. The number of benzene rings is 1. The molecule has 100 valence electrons. The van der Waals surface area contributed by atoms with E-state index in [1.54, 1.807) is 0 Å². The first-order valence-corrected chi connectivity index (χ1v) is 7.22. The Morgan fingerprint density at radius 3 is 2.39 bits per heavy atom. The lowest BCUT2D eigenvalue weighted by Crippen LogP contribution is -2.29. The van der Waals surface area contributed by atoms with Crippen molar-refractivity contribution in [2.24, 2.45) is 0 Å². The molecule has 0 aliphatic heterocycles. The summed E-state index contributed by atoms with van der Waals surface area (Å²) in [5, 5.41) is 2.94. The first-order valence-electron chi connectivity index (χ1n) is 6.43. The van der Waals surface area contributed by atoms with Crippen molar-refractivity contribution < 1.29 is 4.79 Å². The molecule has 0 saturated carbocycles. The second kappa shape index (κ2) is 8.27. The number of hydrogen-bond donors (Lipinski definition) is 1. The summed E-state index contributed by atoms with van der Waals surface area (Å²) in [6, 6.07) is 7.41. The molecule has 3 nitrogen and oxygen atoms in total. The van der Waals surface area contributed by atoms with Crippen molar-refractivity contribution in [3.63, 3.8) is 0 Å². The molecule has 0 radical (unpaired) electrons. The van der Waals surface area contributed by atoms with E-state index >= 15 is 0 Å². The van der Waals surface area contributed by atoms with Crippen LogP contribution in [0.1, 0.15) is 30.6 Å². The number of carbonyl (C=O) groups excluding carboxylic acids is 1. The normalized spacial score (nSPS) is 10.7. The van der Waals surface area contributed by atoms with Gasteiger partial charge in [-0.1, -0.05) is 29.8 Å². The van der Waals surface area contributed by atoms with Gasteiger partial charge in [0.1, 0.15) is 0 Å². The Morgan fingerprint density at radius 2 is 1.83 bits per heavy atom. The molecule has 0 fully saturated rings. The van der Waals surface area contributed by atoms with Crippen molar-refractivity contribution in [3.8, 4) is 0 Å². The number of nitrogens with zero attached hydrogens (tertiary/aromatic N) is 1. The summed E-state index contributed by atoms with van der Waals surface area (Å²) in [5.41, 5.74) is 0.709. The molecule has 0 unspecified atom stereocenters. The van der Waals surface area contributed by atoms with E-state index in [4.69, 9.17) is 0 Å². The summed E-state index contributed by atoms with van der Waals surface area (Å²) < 4.78 is 0.987. The molecule has 0 saturated heterocycles. The molecule has 0 heterocycles. The molecular formula is C14H21BrN2O. The SMILES string of the molecule is CCN(CC)CCCNC(=O)c1ccc(Br)cc1. The molecule has 0 atom stereocenters. The quantitative estimate of drug-likeness (QED) is 0.785. The predicted molar refractivity (Wildman–Crippen MR) is 78.9 cm³/mol. The Morgan fingerprint density at radius 1 is 1.22 bits per heavy atom. The maximum atomic E-state index is 11.8. The molecule has 1 aromatic rings. The number of amides is 1. The molecule has 0 spiro atoms. The molecular weight excluding hydrogens is 292 g/mol. The smallest absolute Gasteiger partial charge is 0.251 e. The van der Waals surface area contributed by atoms with E-state index in [9.17, 15) is 4.79 Å². The minimum atomic E-state index is 0.00190. The van der Waals surface area contributed by atoms with E-state index in [0.717, 1.165) is 37.1 Å². The van der Waals surface area contributed by atoms with Gasteiger partial charge in [0.25, 0.3) is 5.91 Å². The number of hydrogen-bond acceptors (Lipinski definition) is 2. The zero-order valence-corrected chi connectivity index (χ0v) is 12.7. The highest BCUT2D eigenvalue weighted by atomic mass is 79.9. The van der Waals surface area contributed by atoms with Crippen molar-refractivity contribution in [2.75, 3.05) is 26.2 Å². The average molecular weight is 313 g/mol. The standard InChI is InChI=1S/C14H21BrN2O/c1-3-17(4-2)11-5-10-16-14(18)12-6-8-13(15)9-7-12/h6-9H,3-5,10-11H2,1-2H3,(H,16,18). The van der Waals surface area contributed by atoms with E-state index in [-0.39, 0.29) is 5.91 Å². The van der Waals surface area contributed by atoms with Crippen LogP contribution in [0.5, 0.6) is 0 Å². The lowest BCUT2D eigenvalue weighted by Gasteiger charge is -2.17. The zero-order valence-electron chi connectivity index (χ0n) is 11.1. The van der Waals surface area contributed by atoms with Crippen molar-refractivity contribution in [3.05, 3.63) is 34.3 Å². The molecule has 18 heavy (non-hydrogen) atoms. The van der Waals surface area contributed by atoms with Gasteiger partial charge in [-0.3, -0.25) is 4.79 Å². The fourth-order valence-corrected chi connectivity index (χ4v) is 2.01. The van der Waals surface area contributed by atoms with Gasteiger partial charge in [0.2, 0.25) is 0 Å². The zero-order chi connectivity index (χ0) is 13.4. The monoisotopic (exact) mass is 312 g/mol. The summed E-state index contributed by atoms with van der Waals surface area (Å²) in [4.78, 5) is 14.2. The van der Waals surface area contributed by atoms with Crippen LogP contribution in [0.25, 0.3) is 0 Å². The topological polar surface area (TPSA) is 32.3 Å². The summed E-state index contributed by atoms with van der Waals surface area (Å²) in [7, 11) is 0. The van der Waals surface area contributed by atoms with Crippen molar-refractivity contribution >= 4 is 21.8 Å². The minimum absolute atomic E-state index is 0.00190. The first kappa shape index (κ1) is 15.2. The molecule has 0 aromatic heterocycles. The Labute approximate surface area is 118 Å². The molecule has 1 rings (SSSR count). The van der Waals surface area contributed by atoms with Crippen LogP contribution in [0.4, 0.5) is 0 Å². The maximum Gasteiger partial charge on any atom is 0.251 e. The van der Waals surface area contributed by atoms with Crippen LogP contribution >= 0.6 is 15.9 Å². The van der Waals surface area contributed by atoms with Crippen LogP contribution in [-0.2, 0) is 0 Å². The van der Waals surface area contributed by atoms with Crippen LogP contribution in [-0.4, -0.2) is 37.0 Å². The van der Waals surface area contributed by atoms with Gasteiger partial charge in [-0.05, 0) is 50.3 Å². The van der Waals surface area contributed by atoms with Crippen molar-refractivity contribution in [2.45, 2.75) is 20.3 Å². The molecule has 1 aromatic carbocycles. The Balaban J connectivity index is 2.27. The molecule has 0 aliphatic rings. The highest BCUT2D eigenvalue weighted by Gasteiger charge is 2.04.